The van der Waals surface area contributed by atoms with Gasteiger partial charge < -0.3 is 0 Å². The van der Waals surface area contributed by atoms with Crippen molar-refractivity contribution in [3.63, 3.8) is 0 Å². The lowest BCUT2D eigenvalue weighted by Crippen LogP contribution is -2.14. The van der Waals surface area contributed by atoms with Crippen LogP contribution in [0.25, 0.3) is 0 Å². The molecule has 0 N–H and O–H groups in total. The summed E-state index contributed by atoms with van der Waals surface area (Å²) in [5, 5.41) is -0.117. The lowest BCUT2D eigenvalue weighted by molar-refractivity contribution is 0.558. The second-order valence-electron chi connectivity index (χ2n) is 2.37. The number of hydrogen-bond donors (Lipinski definition) is 1. The van der Waals surface area contributed by atoms with Crippen molar-refractivity contribution in [2.24, 2.45) is 0 Å². The van der Waals surface area contributed by atoms with E-state index in [1.165, 1.54) is 6.42 Å². The molecule has 3 heteroatoms. The van der Waals surface area contributed by atoms with Crippen LogP contribution in [-0.2, 0) is 10.7 Å². The third-order valence-electron chi connectivity index (χ3n) is 1.66. The van der Waals surface area contributed by atoms with Gasteiger partial charge in [-0.3, -0.25) is 0 Å². The van der Waals surface area contributed by atoms with Crippen LogP contribution in [0.2, 0.25) is 0 Å². The Morgan fingerprint density at radius 2 is 2.11 bits per heavy atom. The topological polar surface area (TPSA) is 34.1 Å². The summed E-state index contributed by atoms with van der Waals surface area (Å²) in [7, 11) is -2.17. The first-order valence-corrected chi connectivity index (χ1v) is 4.52. The Bertz CT molecular complexity index is 137. The van der Waals surface area contributed by atoms with E-state index in [0.717, 1.165) is 19.3 Å². The monoisotopic (exact) mass is 147 g/mol. The van der Waals surface area contributed by atoms with E-state index >= 15 is 0 Å². The van der Waals surface area contributed by atoms with Gasteiger partial charge in [-0.15, -0.1) is 0 Å². The van der Waals surface area contributed by atoms with Crippen molar-refractivity contribution >= 4 is 10.7 Å². The van der Waals surface area contributed by atoms with Gasteiger partial charge in [-0.2, -0.15) is 0 Å². The lowest BCUT2D eigenvalue weighted by Gasteiger charge is -2.14. The normalized spacial score (nSPS) is 22.8. The minimum Gasteiger partial charge on any atom is -0.232 e. The highest BCUT2D eigenvalue weighted by atomic mass is 32.2. The van der Waals surface area contributed by atoms with Crippen molar-refractivity contribution in [2.45, 2.75) is 30.9 Å². The highest BCUT2D eigenvalue weighted by Gasteiger charge is 2.14. The molecule has 1 rings (SSSR count). The molecular formula is C6H11O2S. The van der Waals surface area contributed by atoms with Gasteiger partial charge in [-0.1, -0.05) is 12.8 Å². The van der Waals surface area contributed by atoms with Crippen molar-refractivity contribution in [2.75, 3.05) is 0 Å². The molecule has 1 aliphatic carbocycles. The zero-order valence-electron chi connectivity index (χ0n) is 5.25. The van der Waals surface area contributed by atoms with Gasteiger partial charge in [-0.25, -0.2) is 8.42 Å². The first kappa shape index (κ1) is 7.06. The number of thiol groups is 1. The van der Waals surface area contributed by atoms with E-state index in [0.29, 0.717) is 0 Å². The molecule has 0 spiro atoms. The summed E-state index contributed by atoms with van der Waals surface area (Å²) in [5.74, 6) is 0. The average molecular weight is 147 g/mol. The molecular weight excluding hydrogens is 136 g/mol. The molecule has 0 heterocycles. The Labute approximate surface area is 57.2 Å². The van der Waals surface area contributed by atoms with Gasteiger partial charge in [0.25, 0.3) is 0 Å². The van der Waals surface area contributed by atoms with Crippen LogP contribution in [0.3, 0.4) is 0 Å². The van der Waals surface area contributed by atoms with Gasteiger partial charge in [0, 0.05) is 0 Å². The Hall–Kier alpha value is -0.0500. The fourth-order valence-electron chi connectivity index (χ4n) is 1.12. The van der Waals surface area contributed by atoms with Crippen molar-refractivity contribution in [1.29, 1.82) is 0 Å². The first-order chi connectivity index (χ1) is 4.30. The van der Waals surface area contributed by atoms with Crippen molar-refractivity contribution in [3.8, 4) is 0 Å². The van der Waals surface area contributed by atoms with Crippen LogP contribution < -0.4 is 0 Å². The van der Waals surface area contributed by atoms with Crippen LogP contribution in [0, 0.1) is 6.42 Å². The van der Waals surface area contributed by atoms with Gasteiger partial charge in [0.15, 0.2) is 0 Å². The highest BCUT2D eigenvalue weighted by molar-refractivity contribution is 7.73. The molecule has 0 aromatic rings. The molecule has 0 amide bonds. The SMILES string of the molecule is O=[SH](=O)C1[CH]CCCC1. The molecule has 0 aromatic heterocycles. The molecule has 9 heavy (non-hydrogen) atoms. The van der Waals surface area contributed by atoms with Crippen molar-refractivity contribution in [3.05, 3.63) is 6.42 Å². The molecule has 1 unspecified atom stereocenters. The summed E-state index contributed by atoms with van der Waals surface area (Å²) in [6, 6.07) is 0. The predicted molar refractivity (Wildman–Crippen MR) is 36.9 cm³/mol. The summed E-state index contributed by atoms with van der Waals surface area (Å²) >= 11 is 0. The van der Waals surface area contributed by atoms with E-state index in [-0.39, 0.29) is 5.25 Å². The van der Waals surface area contributed by atoms with Crippen LogP contribution in [0.5, 0.6) is 0 Å². The van der Waals surface area contributed by atoms with E-state index in [2.05, 4.69) is 0 Å². The smallest absolute Gasteiger partial charge is 0.143 e. The molecule has 1 aliphatic rings. The maximum Gasteiger partial charge on any atom is 0.143 e. The Balaban J connectivity index is 2.40. The third kappa shape index (κ3) is 1.97. The standard InChI is InChI=1S/C6H11O2S/c7-9(8)6-4-2-1-3-5-6/h4,6,9H,1-3,5H2. The van der Waals surface area contributed by atoms with Crippen LogP contribution in [0.4, 0.5) is 0 Å². The third-order valence-corrected chi connectivity index (χ3v) is 2.67. The second kappa shape index (κ2) is 3.20. The average Bonchev–Trinajstić information content (AvgIpc) is 1.90. The van der Waals surface area contributed by atoms with E-state index in [1.807, 2.05) is 6.42 Å². The molecule has 53 valence electrons. The van der Waals surface area contributed by atoms with Crippen LogP contribution in [-0.4, -0.2) is 13.7 Å². The number of rotatable bonds is 1. The number of hydrogen-bond acceptors (Lipinski definition) is 2. The van der Waals surface area contributed by atoms with Crippen LogP contribution in [0.1, 0.15) is 25.7 Å². The Kier molecular flexibility index (Phi) is 2.51. The van der Waals surface area contributed by atoms with E-state index < -0.39 is 10.7 Å². The van der Waals surface area contributed by atoms with E-state index in [9.17, 15) is 8.42 Å². The second-order valence-corrected chi connectivity index (χ2v) is 3.61. The van der Waals surface area contributed by atoms with Crippen LogP contribution >= 0.6 is 0 Å². The maximum atomic E-state index is 10.4. The van der Waals surface area contributed by atoms with Gasteiger partial charge in [0.2, 0.25) is 0 Å². The quantitative estimate of drug-likeness (QED) is 0.555. The van der Waals surface area contributed by atoms with Gasteiger partial charge in [0.1, 0.15) is 10.7 Å². The molecule has 2 nitrogen and oxygen atoms in total. The fourth-order valence-corrected chi connectivity index (χ4v) is 1.83. The Morgan fingerprint density at radius 3 is 2.44 bits per heavy atom. The highest BCUT2D eigenvalue weighted by Crippen LogP contribution is 2.18. The zero-order valence-corrected chi connectivity index (χ0v) is 6.14. The van der Waals surface area contributed by atoms with Gasteiger partial charge in [-0.05, 0) is 19.3 Å². The molecule has 1 radical (unpaired) electrons. The van der Waals surface area contributed by atoms with Crippen molar-refractivity contribution in [1.82, 2.24) is 0 Å². The molecule has 1 atom stereocenters. The molecule has 0 bridgehead atoms. The molecule has 1 saturated carbocycles. The molecule has 0 aromatic carbocycles. The minimum absolute atomic E-state index is 0.117. The summed E-state index contributed by atoms with van der Waals surface area (Å²) in [4.78, 5) is 0. The summed E-state index contributed by atoms with van der Waals surface area (Å²) in [6.07, 6.45) is 5.98. The first-order valence-electron chi connectivity index (χ1n) is 3.27. The van der Waals surface area contributed by atoms with E-state index in [4.69, 9.17) is 0 Å². The Morgan fingerprint density at radius 1 is 1.33 bits per heavy atom. The zero-order chi connectivity index (χ0) is 6.69. The van der Waals surface area contributed by atoms with Crippen molar-refractivity contribution < 1.29 is 8.42 Å². The molecule has 0 saturated heterocycles. The fraction of sp³-hybridized carbons (Fsp3) is 0.833. The predicted octanol–water partition coefficient (Wildman–Crippen LogP) is 0.745. The molecule has 1 fully saturated rings. The summed E-state index contributed by atoms with van der Waals surface area (Å²) in [6.45, 7) is 0. The maximum absolute atomic E-state index is 10.4. The minimum atomic E-state index is -2.17. The van der Waals surface area contributed by atoms with Gasteiger partial charge >= 0.3 is 0 Å². The molecule has 0 aliphatic heterocycles. The lowest BCUT2D eigenvalue weighted by atomic mass is 10.0. The van der Waals surface area contributed by atoms with Gasteiger partial charge in [0.05, 0.1) is 5.25 Å². The summed E-state index contributed by atoms with van der Waals surface area (Å²) < 4.78 is 20.7. The summed E-state index contributed by atoms with van der Waals surface area (Å²) in [5.41, 5.74) is 0. The van der Waals surface area contributed by atoms with E-state index in [1.54, 1.807) is 0 Å². The van der Waals surface area contributed by atoms with Crippen LogP contribution in [0.15, 0.2) is 0 Å². The largest absolute Gasteiger partial charge is 0.232 e.